The highest BCUT2D eigenvalue weighted by Crippen LogP contribution is 2.29. The first-order chi connectivity index (χ1) is 8.97. The lowest BCUT2D eigenvalue weighted by Gasteiger charge is -2.10. The molecule has 0 spiro atoms. The zero-order valence-electron chi connectivity index (χ0n) is 9.85. The van der Waals surface area contributed by atoms with Gasteiger partial charge in [-0.3, -0.25) is 0 Å². The van der Waals surface area contributed by atoms with E-state index >= 15 is 0 Å². The number of carbonyl (C=O) groups is 1. The molecule has 0 atom stereocenters. The van der Waals surface area contributed by atoms with Crippen LogP contribution in [0.1, 0.15) is 15.9 Å². The average molecular weight is 343 g/mol. The highest BCUT2D eigenvalue weighted by molar-refractivity contribution is 9.10. The van der Waals surface area contributed by atoms with Crippen LogP contribution in [-0.4, -0.2) is 16.1 Å². The zero-order valence-corrected chi connectivity index (χ0v) is 12.2. The number of aromatic carboxylic acids is 1. The minimum Gasteiger partial charge on any atom is -0.477 e. The Kier molecular flexibility index (Phi) is 4.07. The van der Waals surface area contributed by atoms with Crippen LogP contribution in [0.2, 0.25) is 5.15 Å². The molecule has 0 fully saturated rings. The highest BCUT2D eigenvalue weighted by Gasteiger charge is 2.15. The summed E-state index contributed by atoms with van der Waals surface area (Å²) in [6.07, 6.45) is 0. The third-order valence-corrected chi connectivity index (χ3v) is 3.10. The van der Waals surface area contributed by atoms with E-state index in [-0.39, 0.29) is 16.6 Å². The predicted octanol–water partition coefficient (Wildman–Crippen LogP) is 4.30. The van der Waals surface area contributed by atoms with E-state index in [4.69, 9.17) is 21.4 Å². The maximum Gasteiger partial charge on any atom is 0.341 e. The van der Waals surface area contributed by atoms with E-state index in [9.17, 15) is 4.79 Å². The summed E-state index contributed by atoms with van der Waals surface area (Å²) in [5.74, 6) is -0.611. The van der Waals surface area contributed by atoms with Crippen molar-refractivity contribution in [2.75, 3.05) is 0 Å². The topological polar surface area (TPSA) is 59.4 Å². The monoisotopic (exact) mass is 341 g/mol. The van der Waals surface area contributed by atoms with E-state index in [1.165, 1.54) is 12.1 Å². The molecule has 0 aliphatic heterocycles. The molecule has 1 aromatic carbocycles. The molecule has 6 heteroatoms. The Morgan fingerprint density at radius 2 is 2.11 bits per heavy atom. The second kappa shape index (κ2) is 5.59. The van der Waals surface area contributed by atoms with Crippen LogP contribution in [0.3, 0.4) is 0 Å². The summed E-state index contributed by atoms with van der Waals surface area (Å²) in [4.78, 5) is 15.0. The van der Waals surface area contributed by atoms with Gasteiger partial charge in [0.25, 0.3) is 0 Å². The van der Waals surface area contributed by atoms with Gasteiger partial charge in [0, 0.05) is 4.47 Å². The molecule has 0 amide bonds. The van der Waals surface area contributed by atoms with Crippen molar-refractivity contribution >= 4 is 33.5 Å². The first-order valence-electron chi connectivity index (χ1n) is 5.31. The van der Waals surface area contributed by atoms with Gasteiger partial charge in [-0.05, 0) is 42.8 Å². The van der Waals surface area contributed by atoms with E-state index in [1.807, 2.05) is 13.0 Å². The minimum atomic E-state index is -1.12. The number of rotatable bonds is 3. The molecule has 1 N–H and O–H groups in total. The fraction of sp³-hybridized carbons (Fsp3) is 0.0769. The molecule has 0 bridgehead atoms. The molecule has 2 aromatic rings. The maximum absolute atomic E-state index is 11.1. The summed E-state index contributed by atoms with van der Waals surface area (Å²) in [5, 5.41) is 9.25. The van der Waals surface area contributed by atoms with Crippen molar-refractivity contribution in [3.05, 3.63) is 51.1 Å². The summed E-state index contributed by atoms with van der Waals surface area (Å²) >= 11 is 9.11. The molecule has 19 heavy (non-hydrogen) atoms. The first kappa shape index (κ1) is 13.8. The Labute approximate surface area is 123 Å². The molecular weight excluding hydrogens is 334 g/mol. The van der Waals surface area contributed by atoms with Crippen molar-refractivity contribution in [1.82, 2.24) is 4.98 Å². The van der Waals surface area contributed by atoms with Gasteiger partial charge in [0.05, 0.1) is 0 Å². The quantitative estimate of drug-likeness (QED) is 0.845. The first-order valence-corrected chi connectivity index (χ1v) is 6.48. The van der Waals surface area contributed by atoms with Crippen molar-refractivity contribution in [2.24, 2.45) is 0 Å². The minimum absolute atomic E-state index is 0.0228. The number of carboxylic acids is 1. The fourth-order valence-corrected chi connectivity index (χ4v) is 2.11. The molecule has 1 heterocycles. The van der Waals surface area contributed by atoms with Gasteiger partial charge in [-0.15, -0.1) is 0 Å². The Morgan fingerprint density at radius 1 is 1.37 bits per heavy atom. The third kappa shape index (κ3) is 3.24. The van der Waals surface area contributed by atoms with Crippen molar-refractivity contribution < 1.29 is 14.6 Å². The van der Waals surface area contributed by atoms with Crippen LogP contribution >= 0.6 is 27.5 Å². The van der Waals surface area contributed by atoms with Gasteiger partial charge >= 0.3 is 5.97 Å². The molecule has 98 valence electrons. The summed E-state index contributed by atoms with van der Waals surface area (Å²) in [6.45, 7) is 1.85. The van der Waals surface area contributed by atoms with E-state index in [0.29, 0.717) is 5.75 Å². The number of halogens is 2. The molecule has 0 aliphatic rings. The van der Waals surface area contributed by atoms with E-state index < -0.39 is 5.97 Å². The van der Waals surface area contributed by atoms with Crippen LogP contribution < -0.4 is 4.74 Å². The van der Waals surface area contributed by atoms with Crippen molar-refractivity contribution in [3.8, 4) is 11.6 Å². The van der Waals surface area contributed by atoms with Crippen molar-refractivity contribution in [1.29, 1.82) is 0 Å². The molecule has 0 saturated carbocycles. The summed E-state index contributed by atoms with van der Waals surface area (Å²) in [7, 11) is 0. The summed E-state index contributed by atoms with van der Waals surface area (Å²) < 4.78 is 6.45. The van der Waals surface area contributed by atoms with Gasteiger partial charge < -0.3 is 9.84 Å². The van der Waals surface area contributed by atoms with Crippen LogP contribution in [0.4, 0.5) is 0 Å². The van der Waals surface area contributed by atoms with Crippen LogP contribution in [0.5, 0.6) is 11.6 Å². The SMILES string of the molecule is Cc1cc(Br)ccc1Oc1nc(Cl)ccc1C(=O)O. The molecule has 1 aromatic heterocycles. The number of aryl methyl sites for hydroxylation is 1. The number of aromatic nitrogens is 1. The molecular formula is C13H9BrClNO3. The number of nitrogens with zero attached hydrogens (tertiary/aromatic N) is 1. The van der Waals surface area contributed by atoms with Crippen molar-refractivity contribution in [3.63, 3.8) is 0 Å². The summed E-state index contributed by atoms with van der Waals surface area (Å²) in [6, 6.07) is 8.16. The van der Waals surface area contributed by atoms with Crippen LogP contribution in [0.15, 0.2) is 34.8 Å². The van der Waals surface area contributed by atoms with E-state index in [1.54, 1.807) is 12.1 Å². The molecule has 0 radical (unpaired) electrons. The zero-order chi connectivity index (χ0) is 14.0. The number of carboxylic acid groups (broad SMARTS) is 1. The largest absolute Gasteiger partial charge is 0.477 e. The van der Waals surface area contributed by atoms with Crippen LogP contribution in [0.25, 0.3) is 0 Å². The molecule has 0 aliphatic carbocycles. The smallest absolute Gasteiger partial charge is 0.341 e. The average Bonchev–Trinajstić information content (AvgIpc) is 2.32. The molecule has 0 unspecified atom stereocenters. The number of hydrogen-bond donors (Lipinski definition) is 1. The van der Waals surface area contributed by atoms with Gasteiger partial charge in [0.2, 0.25) is 5.88 Å². The Bertz CT molecular complexity index is 646. The second-order valence-electron chi connectivity index (χ2n) is 3.80. The number of benzene rings is 1. The van der Waals surface area contributed by atoms with Gasteiger partial charge in [-0.2, -0.15) is 0 Å². The number of ether oxygens (including phenoxy) is 1. The third-order valence-electron chi connectivity index (χ3n) is 2.40. The standard InChI is InChI=1S/C13H9BrClNO3/c1-7-6-8(14)2-4-10(7)19-12-9(13(17)18)3-5-11(15)16-12/h2-6H,1H3,(H,17,18). The molecule has 2 rings (SSSR count). The van der Waals surface area contributed by atoms with Crippen LogP contribution in [0, 0.1) is 6.92 Å². The Balaban J connectivity index is 2.42. The van der Waals surface area contributed by atoms with Crippen LogP contribution in [-0.2, 0) is 0 Å². The van der Waals surface area contributed by atoms with Gasteiger partial charge in [0.1, 0.15) is 16.5 Å². The normalized spacial score (nSPS) is 10.3. The lowest BCUT2D eigenvalue weighted by Crippen LogP contribution is -2.02. The number of hydrogen-bond acceptors (Lipinski definition) is 3. The second-order valence-corrected chi connectivity index (χ2v) is 5.11. The molecule has 0 saturated heterocycles. The Hall–Kier alpha value is -1.59. The molecule has 4 nitrogen and oxygen atoms in total. The fourth-order valence-electron chi connectivity index (χ4n) is 1.49. The predicted molar refractivity (Wildman–Crippen MR) is 75.2 cm³/mol. The highest BCUT2D eigenvalue weighted by atomic mass is 79.9. The van der Waals surface area contributed by atoms with Gasteiger partial charge in [-0.25, -0.2) is 9.78 Å². The van der Waals surface area contributed by atoms with E-state index in [2.05, 4.69) is 20.9 Å². The lowest BCUT2D eigenvalue weighted by atomic mass is 10.2. The van der Waals surface area contributed by atoms with Gasteiger partial charge in [0.15, 0.2) is 0 Å². The lowest BCUT2D eigenvalue weighted by molar-refractivity contribution is 0.0693. The Morgan fingerprint density at radius 3 is 2.74 bits per heavy atom. The van der Waals surface area contributed by atoms with E-state index in [0.717, 1.165) is 10.0 Å². The maximum atomic E-state index is 11.1. The summed E-state index contributed by atoms with van der Waals surface area (Å²) in [5.41, 5.74) is 0.819. The number of pyridine rings is 1. The van der Waals surface area contributed by atoms with Crippen molar-refractivity contribution in [2.45, 2.75) is 6.92 Å². The van der Waals surface area contributed by atoms with Gasteiger partial charge in [-0.1, -0.05) is 27.5 Å².